The number of hydrogen-bond acceptors (Lipinski definition) is 7. The van der Waals surface area contributed by atoms with Crippen molar-refractivity contribution in [1.29, 1.82) is 0 Å². The molecule has 1 saturated heterocycles. The van der Waals surface area contributed by atoms with E-state index in [1.165, 1.54) is 4.31 Å². The monoisotopic (exact) mass is 443 g/mol. The topological polar surface area (TPSA) is 94.8 Å². The molecule has 0 aliphatic carbocycles. The largest absolute Gasteiger partial charge is 0.497 e. The predicted octanol–water partition coefficient (Wildman–Crippen LogP) is 3.88. The summed E-state index contributed by atoms with van der Waals surface area (Å²) in [6.45, 7) is 2.53. The van der Waals surface area contributed by atoms with Gasteiger partial charge in [-0.1, -0.05) is 29.3 Å². The van der Waals surface area contributed by atoms with Crippen LogP contribution in [0.2, 0.25) is 0 Å². The second-order valence-electron chi connectivity index (χ2n) is 7.45. The van der Waals surface area contributed by atoms with Crippen LogP contribution in [0.3, 0.4) is 0 Å². The summed E-state index contributed by atoms with van der Waals surface area (Å²) in [5.74, 6) is 1.97. The average Bonchev–Trinajstić information content (AvgIpc) is 3.28. The lowest BCUT2D eigenvalue weighted by Gasteiger charge is -2.32. The van der Waals surface area contributed by atoms with Gasteiger partial charge in [-0.15, -0.1) is 0 Å². The molecule has 1 atom stereocenters. The summed E-state index contributed by atoms with van der Waals surface area (Å²) in [6.07, 6.45) is 2.31. The molecule has 164 valence electrons. The van der Waals surface area contributed by atoms with Gasteiger partial charge in [0.25, 0.3) is 5.89 Å². The number of sulfonamides is 1. The van der Waals surface area contributed by atoms with E-state index >= 15 is 0 Å². The van der Waals surface area contributed by atoms with Gasteiger partial charge in [0, 0.05) is 6.54 Å². The van der Waals surface area contributed by atoms with E-state index in [1.807, 2.05) is 31.2 Å². The van der Waals surface area contributed by atoms with Gasteiger partial charge in [-0.2, -0.15) is 9.29 Å². The zero-order valence-electron chi connectivity index (χ0n) is 17.5. The second kappa shape index (κ2) is 9.07. The Bertz CT molecular complexity index is 1110. The molecule has 0 amide bonds. The molecule has 1 aliphatic rings. The average molecular weight is 444 g/mol. The third-order valence-electron chi connectivity index (χ3n) is 5.28. The molecule has 0 bridgehead atoms. The first kappa shape index (κ1) is 21.3. The Labute approximate surface area is 181 Å². The smallest absolute Gasteiger partial charge is 0.264 e. The molecule has 0 radical (unpaired) electrons. The number of aryl methyl sites for hydroxylation is 1. The number of piperidine rings is 1. The predicted molar refractivity (Wildman–Crippen MR) is 113 cm³/mol. The van der Waals surface area contributed by atoms with Gasteiger partial charge in [-0.3, -0.25) is 0 Å². The molecule has 1 unspecified atom stereocenters. The van der Waals surface area contributed by atoms with Crippen molar-refractivity contribution in [2.24, 2.45) is 0 Å². The molecular weight excluding hydrogens is 418 g/mol. The van der Waals surface area contributed by atoms with Crippen LogP contribution in [0.25, 0.3) is 0 Å². The van der Waals surface area contributed by atoms with Crippen molar-refractivity contribution in [2.45, 2.75) is 43.7 Å². The van der Waals surface area contributed by atoms with Crippen molar-refractivity contribution in [2.75, 3.05) is 13.7 Å². The van der Waals surface area contributed by atoms with Gasteiger partial charge < -0.3 is 14.0 Å². The molecule has 1 aromatic heterocycles. The van der Waals surface area contributed by atoms with Crippen LogP contribution in [0.4, 0.5) is 0 Å². The Morgan fingerprint density at radius 3 is 2.48 bits per heavy atom. The minimum Gasteiger partial charge on any atom is -0.497 e. The zero-order valence-corrected chi connectivity index (χ0v) is 18.3. The fourth-order valence-corrected chi connectivity index (χ4v) is 5.23. The summed E-state index contributed by atoms with van der Waals surface area (Å²) >= 11 is 0. The summed E-state index contributed by atoms with van der Waals surface area (Å²) in [5, 5.41) is 4.06. The van der Waals surface area contributed by atoms with Crippen molar-refractivity contribution in [3.8, 4) is 11.5 Å². The minimum absolute atomic E-state index is 0.119. The van der Waals surface area contributed by atoms with Crippen molar-refractivity contribution in [3.05, 3.63) is 65.8 Å². The van der Waals surface area contributed by atoms with E-state index in [1.54, 1.807) is 31.4 Å². The SMILES string of the molecule is COc1ccc(S(=O)(=O)N2CCCCC2c2noc(COc3ccc(C)cc3)n2)cc1. The van der Waals surface area contributed by atoms with Crippen molar-refractivity contribution < 1.29 is 22.4 Å². The number of ether oxygens (including phenoxy) is 2. The van der Waals surface area contributed by atoms with Gasteiger partial charge in [-0.25, -0.2) is 8.42 Å². The van der Waals surface area contributed by atoms with Crippen LogP contribution >= 0.6 is 0 Å². The third kappa shape index (κ3) is 4.72. The molecule has 2 heterocycles. The Hall–Kier alpha value is -2.91. The molecule has 3 aromatic rings. The molecule has 31 heavy (non-hydrogen) atoms. The van der Waals surface area contributed by atoms with Crippen molar-refractivity contribution in [1.82, 2.24) is 14.4 Å². The number of hydrogen-bond donors (Lipinski definition) is 0. The van der Waals surface area contributed by atoms with E-state index in [0.717, 1.165) is 18.4 Å². The van der Waals surface area contributed by atoms with Crippen LogP contribution in [0.1, 0.15) is 42.6 Å². The first-order valence-electron chi connectivity index (χ1n) is 10.2. The summed E-state index contributed by atoms with van der Waals surface area (Å²) in [4.78, 5) is 4.64. The molecule has 0 spiro atoms. The molecule has 0 saturated carbocycles. The molecule has 4 rings (SSSR count). The highest BCUT2D eigenvalue weighted by molar-refractivity contribution is 7.89. The number of methoxy groups -OCH3 is 1. The van der Waals surface area contributed by atoms with Gasteiger partial charge in [0.1, 0.15) is 11.5 Å². The van der Waals surface area contributed by atoms with E-state index < -0.39 is 16.1 Å². The first-order chi connectivity index (χ1) is 15.0. The molecule has 8 nitrogen and oxygen atoms in total. The quantitative estimate of drug-likeness (QED) is 0.547. The number of aromatic nitrogens is 2. The number of rotatable bonds is 7. The van der Waals surface area contributed by atoms with E-state index in [9.17, 15) is 8.42 Å². The van der Waals surface area contributed by atoms with Gasteiger partial charge in [0.15, 0.2) is 12.4 Å². The van der Waals surface area contributed by atoms with E-state index in [0.29, 0.717) is 36.2 Å². The molecule has 2 aromatic carbocycles. The summed E-state index contributed by atoms with van der Waals surface area (Å²) < 4.78 is 44.2. The lowest BCUT2D eigenvalue weighted by Crippen LogP contribution is -2.39. The first-order valence-corrected chi connectivity index (χ1v) is 11.6. The molecule has 0 N–H and O–H groups in total. The lowest BCUT2D eigenvalue weighted by molar-refractivity contribution is 0.231. The van der Waals surface area contributed by atoms with Crippen molar-refractivity contribution >= 4 is 10.0 Å². The molecule has 1 fully saturated rings. The zero-order chi connectivity index (χ0) is 21.8. The highest BCUT2D eigenvalue weighted by atomic mass is 32.2. The maximum atomic E-state index is 13.3. The standard InChI is InChI=1S/C22H25N3O5S/c1-16-6-8-18(9-7-16)29-15-21-23-22(24-30-21)20-5-3-4-14-25(20)31(26,27)19-12-10-17(28-2)11-13-19/h6-13,20H,3-5,14-15H2,1-2H3. The van der Waals surface area contributed by atoms with E-state index in [-0.39, 0.29) is 11.5 Å². The van der Waals surface area contributed by atoms with Crippen LogP contribution in [0, 0.1) is 6.92 Å². The maximum Gasteiger partial charge on any atom is 0.264 e. The van der Waals surface area contributed by atoms with Gasteiger partial charge >= 0.3 is 0 Å². The lowest BCUT2D eigenvalue weighted by atomic mass is 10.0. The fourth-order valence-electron chi connectivity index (χ4n) is 3.58. The summed E-state index contributed by atoms with van der Waals surface area (Å²) in [7, 11) is -2.17. The van der Waals surface area contributed by atoms with Gasteiger partial charge in [-0.05, 0) is 56.2 Å². The third-order valence-corrected chi connectivity index (χ3v) is 7.21. The number of benzene rings is 2. The highest BCUT2D eigenvalue weighted by Gasteiger charge is 2.37. The minimum atomic E-state index is -3.71. The normalized spacial score (nSPS) is 17.4. The van der Waals surface area contributed by atoms with Crippen molar-refractivity contribution in [3.63, 3.8) is 0 Å². The summed E-state index contributed by atoms with van der Waals surface area (Å²) in [6, 6.07) is 13.6. The van der Waals surface area contributed by atoms with Crippen LogP contribution in [0.5, 0.6) is 11.5 Å². The molecular formula is C22H25N3O5S. The fraction of sp³-hybridized carbons (Fsp3) is 0.364. The van der Waals surface area contributed by atoms with E-state index in [4.69, 9.17) is 14.0 Å². The molecule has 1 aliphatic heterocycles. The molecule has 9 heteroatoms. The second-order valence-corrected chi connectivity index (χ2v) is 9.34. The maximum absolute atomic E-state index is 13.3. The Morgan fingerprint density at radius 1 is 1.06 bits per heavy atom. The van der Waals surface area contributed by atoms with Crippen LogP contribution in [0.15, 0.2) is 57.9 Å². The van der Waals surface area contributed by atoms with E-state index in [2.05, 4.69) is 10.1 Å². The highest BCUT2D eigenvalue weighted by Crippen LogP contribution is 2.34. The Balaban J connectivity index is 1.51. The van der Waals surface area contributed by atoms with Crippen LogP contribution in [-0.4, -0.2) is 36.5 Å². The Kier molecular flexibility index (Phi) is 6.24. The summed E-state index contributed by atoms with van der Waals surface area (Å²) in [5.41, 5.74) is 1.14. The van der Waals surface area contributed by atoms with Gasteiger partial charge in [0.2, 0.25) is 10.0 Å². The number of nitrogens with zero attached hydrogens (tertiary/aromatic N) is 3. The van der Waals surface area contributed by atoms with Crippen LogP contribution < -0.4 is 9.47 Å². The van der Waals surface area contributed by atoms with Gasteiger partial charge in [0.05, 0.1) is 18.0 Å². The van der Waals surface area contributed by atoms with Crippen LogP contribution in [-0.2, 0) is 16.6 Å². The Morgan fingerprint density at radius 2 is 1.77 bits per heavy atom.